The highest BCUT2D eigenvalue weighted by Gasteiger charge is 2.08. The van der Waals surface area contributed by atoms with E-state index in [1.54, 1.807) is 20.1 Å². The van der Waals surface area contributed by atoms with Crippen molar-refractivity contribution >= 4 is 5.78 Å². The van der Waals surface area contributed by atoms with E-state index in [9.17, 15) is 4.79 Å². The van der Waals surface area contributed by atoms with Gasteiger partial charge in [0.1, 0.15) is 5.75 Å². The monoisotopic (exact) mass is 221 g/mol. The molecule has 0 aliphatic carbocycles. The highest BCUT2D eigenvalue weighted by Crippen LogP contribution is 2.21. The van der Waals surface area contributed by atoms with Crippen molar-refractivity contribution in [3.05, 3.63) is 29.3 Å². The SMILES string of the molecule is CCN(C)Cc1cc(C(C)=O)ccc1OC. The van der Waals surface area contributed by atoms with E-state index < -0.39 is 0 Å². The van der Waals surface area contributed by atoms with Gasteiger partial charge >= 0.3 is 0 Å². The Morgan fingerprint density at radius 1 is 1.44 bits per heavy atom. The van der Waals surface area contributed by atoms with E-state index in [-0.39, 0.29) is 5.78 Å². The maximum atomic E-state index is 11.3. The van der Waals surface area contributed by atoms with Crippen LogP contribution in [0, 0.1) is 0 Å². The Morgan fingerprint density at radius 3 is 2.62 bits per heavy atom. The van der Waals surface area contributed by atoms with Crippen molar-refractivity contribution < 1.29 is 9.53 Å². The zero-order valence-electron chi connectivity index (χ0n) is 10.4. The molecule has 0 heterocycles. The molecule has 0 saturated heterocycles. The Hall–Kier alpha value is -1.35. The molecule has 0 bridgehead atoms. The molecule has 0 aliphatic heterocycles. The zero-order chi connectivity index (χ0) is 12.1. The van der Waals surface area contributed by atoms with Crippen LogP contribution < -0.4 is 4.74 Å². The van der Waals surface area contributed by atoms with Gasteiger partial charge in [-0.1, -0.05) is 6.92 Å². The second-order valence-corrected chi connectivity index (χ2v) is 3.91. The summed E-state index contributed by atoms with van der Waals surface area (Å²) >= 11 is 0. The van der Waals surface area contributed by atoms with Gasteiger partial charge in [0.2, 0.25) is 0 Å². The second-order valence-electron chi connectivity index (χ2n) is 3.91. The van der Waals surface area contributed by atoms with Gasteiger partial charge in [0, 0.05) is 17.7 Å². The number of methoxy groups -OCH3 is 1. The first kappa shape index (κ1) is 12.7. The van der Waals surface area contributed by atoms with Gasteiger partial charge in [0.25, 0.3) is 0 Å². The van der Waals surface area contributed by atoms with Gasteiger partial charge in [0.05, 0.1) is 7.11 Å². The summed E-state index contributed by atoms with van der Waals surface area (Å²) in [6.07, 6.45) is 0. The minimum absolute atomic E-state index is 0.0862. The number of benzene rings is 1. The molecule has 0 amide bonds. The molecule has 0 N–H and O–H groups in total. The van der Waals surface area contributed by atoms with Crippen LogP contribution in [0.1, 0.15) is 29.8 Å². The minimum atomic E-state index is 0.0862. The van der Waals surface area contributed by atoms with Crippen molar-refractivity contribution in [1.29, 1.82) is 0 Å². The van der Waals surface area contributed by atoms with E-state index in [1.165, 1.54) is 0 Å². The lowest BCUT2D eigenvalue weighted by Crippen LogP contribution is -2.17. The topological polar surface area (TPSA) is 29.5 Å². The molecule has 0 fully saturated rings. The van der Waals surface area contributed by atoms with Crippen molar-refractivity contribution in [2.45, 2.75) is 20.4 Å². The summed E-state index contributed by atoms with van der Waals surface area (Å²) < 4.78 is 5.29. The number of hydrogen-bond acceptors (Lipinski definition) is 3. The largest absolute Gasteiger partial charge is 0.496 e. The van der Waals surface area contributed by atoms with Crippen LogP contribution in [-0.4, -0.2) is 31.4 Å². The van der Waals surface area contributed by atoms with Gasteiger partial charge in [-0.05, 0) is 38.7 Å². The van der Waals surface area contributed by atoms with E-state index in [0.29, 0.717) is 0 Å². The summed E-state index contributed by atoms with van der Waals surface area (Å²) in [5.41, 5.74) is 1.79. The number of hydrogen-bond donors (Lipinski definition) is 0. The average Bonchev–Trinajstić information content (AvgIpc) is 2.28. The van der Waals surface area contributed by atoms with E-state index in [1.807, 2.05) is 19.2 Å². The first-order valence-corrected chi connectivity index (χ1v) is 5.44. The number of Topliss-reactive ketones (excluding diaryl/α,β-unsaturated/α-hetero) is 1. The molecule has 0 unspecified atom stereocenters. The molecule has 0 atom stereocenters. The fourth-order valence-electron chi connectivity index (χ4n) is 1.52. The van der Waals surface area contributed by atoms with Crippen LogP contribution in [0.3, 0.4) is 0 Å². The van der Waals surface area contributed by atoms with E-state index in [0.717, 1.165) is 30.0 Å². The Morgan fingerprint density at radius 2 is 2.12 bits per heavy atom. The summed E-state index contributed by atoms with van der Waals surface area (Å²) in [7, 11) is 3.69. The highest BCUT2D eigenvalue weighted by atomic mass is 16.5. The fraction of sp³-hybridized carbons (Fsp3) is 0.462. The van der Waals surface area contributed by atoms with Crippen molar-refractivity contribution in [2.75, 3.05) is 20.7 Å². The molecule has 1 aromatic carbocycles. The van der Waals surface area contributed by atoms with Crippen LogP contribution >= 0.6 is 0 Å². The molecule has 0 aliphatic rings. The summed E-state index contributed by atoms with van der Waals surface area (Å²) in [5, 5.41) is 0. The Bertz CT molecular complexity index is 374. The first-order chi connectivity index (χ1) is 7.58. The van der Waals surface area contributed by atoms with Gasteiger partial charge < -0.3 is 9.64 Å². The van der Waals surface area contributed by atoms with Crippen molar-refractivity contribution in [2.24, 2.45) is 0 Å². The van der Waals surface area contributed by atoms with Crippen molar-refractivity contribution in [1.82, 2.24) is 4.90 Å². The van der Waals surface area contributed by atoms with Crippen LogP contribution in [0.4, 0.5) is 0 Å². The maximum Gasteiger partial charge on any atom is 0.159 e. The van der Waals surface area contributed by atoms with Crippen molar-refractivity contribution in [3.63, 3.8) is 0 Å². The first-order valence-electron chi connectivity index (χ1n) is 5.44. The number of carbonyl (C=O) groups excluding carboxylic acids is 1. The van der Waals surface area contributed by atoms with Crippen LogP contribution in [-0.2, 0) is 6.54 Å². The standard InChI is InChI=1S/C13H19NO2/c1-5-14(3)9-12-8-11(10(2)15)6-7-13(12)16-4/h6-8H,5,9H2,1-4H3. The summed E-state index contributed by atoms with van der Waals surface area (Å²) in [4.78, 5) is 13.5. The van der Waals surface area contributed by atoms with Crippen molar-refractivity contribution in [3.8, 4) is 5.75 Å². The quantitative estimate of drug-likeness (QED) is 0.715. The molecule has 1 rings (SSSR count). The van der Waals surface area contributed by atoms with E-state index in [2.05, 4.69) is 11.8 Å². The third kappa shape index (κ3) is 3.07. The van der Waals surface area contributed by atoms with Crippen LogP contribution in [0.25, 0.3) is 0 Å². The smallest absolute Gasteiger partial charge is 0.159 e. The molecule has 16 heavy (non-hydrogen) atoms. The third-order valence-electron chi connectivity index (χ3n) is 2.67. The Labute approximate surface area is 97.0 Å². The lowest BCUT2D eigenvalue weighted by atomic mass is 10.1. The molecule has 0 spiro atoms. The average molecular weight is 221 g/mol. The number of carbonyl (C=O) groups is 1. The minimum Gasteiger partial charge on any atom is -0.496 e. The molecule has 3 nitrogen and oxygen atoms in total. The number of nitrogens with zero attached hydrogens (tertiary/aromatic N) is 1. The lowest BCUT2D eigenvalue weighted by molar-refractivity contribution is 0.101. The van der Waals surface area contributed by atoms with Crippen LogP contribution in [0.2, 0.25) is 0 Å². The summed E-state index contributed by atoms with van der Waals surface area (Å²) in [5.74, 6) is 0.924. The lowest BCUT2D eigenvalue weighted by Gasteiger charge is -2.16. The van der Waals surface area contributed by atoms with Crippen LogP contribution in [0.5, 0.6) is 5.75 Å². The fourth-order valence-corrected chi connectivity index (χ4v) is 1.52. The maximum absolute atomic E-state index is 11.3. The number of ketones is 1. The molecule has 0 aromatic heterocycles. The Balaban J connectivity index is 3.02. The summed E-state index contributed by atoms with van der Waals surface area (Å²) in [6.45, 7) is 5.44. The molecule has 0 saturated carbocycles. The normalized spacial score (nSPS) is 10.6. The molecular formula is C13H19NO2. The highest BCUT2D eigenvalue weighted by molar-refractivity contribution is 5.94. The Kier molecular flexibility index (Phi) is 4.50. The van der Waals surface area contributed by atoms with Crippen LogP contribution in [0.15, 0.2) is 18.2 Å². The third-order valence-corrected chi connectivity index (χ3v) is 2.67. The number of ether oxygens (including phenoxy) is 1. The molecular weight excluding hydrogens is 202 g/mol. The van der Waals surface area contributed by atoms with Gasteiger partial charge in [-0.15, -0.1) is 0 Å². The zero-order valence-corrected chi connectivity index (χ0v) is 10.4. The van der Waals surface area contributed by atoms with E-state index >= 15 is 0 Å². The number of rotatable bonds is 5. The predicted molar refractivity (Wildman–Crippen MR) is 65.0 cm³/mol. The van der Waals surface area contributed by atoms with Gasteiger partial charge in [0.15, 0.2) is 5.78 Å². The second kappa shape index (κ2) is 5.66. The van der Waals surface area contributed by atoms with Gasteiger partial charge in [-0.2, -0.15) is 0 Å². The summed E-state index contributed by atoms with van der Waals surface area (Å²) in [6, 6.07) is 5.57. The molecule has 88 valence electrons. The molecule has 1 aromatic rings. The van der Waals surface area contributed by atoms with Gasteiger partial charge in [-0.3, -0.25) is 4.79 Å². The molecule has 0 radical (unpaired) electrons. The predicted octanol–water partition coefficient (Wildman–Crippen LogP) is 2.35. The van der Waals surface area contributed by atoms with E-state index in [4.69, 9.17) is 4.74 Å². The van der Waals surface area contributed by atoms with Gasteiger partial charge in [-0.25, -0.2) is 0 Å². The molecule has 3 heteroatoms.